The molecule has 42 heavy (non-hydrogen) atoms. The summed E-state index contributed by atoms with van der Waals surface area (Å²) in [6.45, 7) is 6.12. The summed E-state index contributed by atoms with van der Waals surface area (Å²) >= 11 is 0. The van der Waals surface area contributed by atoms with Crippen molar-refractivity contribution in [1.82, 2.24) is 10.6 Å². The molecule has 5 rings (SSSR count). The molecule has 0 aliphatic heterocycles. The fourth-order valence-corrected chi connectivity index (χ4v) is 5.51. The average Bonchev–Trinajstić information content (AvgIpc) is 3.23. The molecule has 1 aliphatic carbocycles. The molecule has 3 N–H and O–H groups in total. The number of halogens is 2. The number of rotatable bonds is 10. The van der Waals surface area contributed by atoms with Crippen LogP contribution in [-0.4, -0.2) is 35.3 Å². The van der Waals surface area contributed by atoms with Gasteiger partial charge in [0.05, 0.1) is 24.6 Å². The van der Waals surface area contributed by atoms with Crippen LogP contribution in [0.1, 0.15) is 49.1 Å². The Morgan fingerprint density at radius 1 is 0.857 bits per heavy atom. The molecule has 4 aromatic rings. The molecule has 1 unspecified atom stereocenters. The first-order valence-corrected chi connectivity index (χ1v) is 14.2. The van der Waals surface area contributed by atoms with Gasteiger partial charge in [-0.1, -0.05) is 60.7 Å². The van der Waals surface area contributed by atoms with Gasteiger partial charge in [0.25, 0.3) is 0 Å². The largest absolute Gasteiger partial charge is 0.488 e. The third-order valence-corrected chi connectivity index (χ3v) is 7.25. The number of hydrogen-bond acceptors (Lipinski definition) is 4. The third kappa shape index (κ3) is 7.22. The van der Waals surface area contributed by atoms with Crippen LogP contribution in [0.4, 0.5) is 8.78 Å². The molecule has 7 heteroatoms. The molecule has 218 valence electrons. The summed E-state index contributed by atoms with van der Waals surface area (Å²) in [7, 11) is 0. The summed E-state index contributed by atoms with van der Waals surface area (Å²) in [5.41, 5.74) is 5.10. The van der Waals surface area contributed by atoms with E-state index in [2.05, 4.69) is 28.8 Å². The van der Waals surface area contributed by atoms with Gasteiger partial charge >= 0.3 is 0 Å². The predicted molar refractivity (Wildman–Crippen MR) is 160 cm³/mol. The summed E-state index contributed by atoms with van der Waals surface area (Å²) in [6, 6.07) is 25.7. The van der Waals surface area contributed by atoms with Crippen LogP contribution >= 0.6 is 0 Å². The van der Waals surface area contributed by atoms with Crippen LogP contribution < -0.4 is 15.4 Å². The number of ether oxygens (including phenoxy) is 1. The second-order valence-corrected chi connectivity index (χ2v) is 11.8. The zero-order valence-corrected chi connectivity index (χ0v) is 24.0. The maximum absolute atomic E-state index is 14.0. The molecule has 0 aromatic heterocycles. The predicted octanol–water partition coefficient (Wildman–Crippen LogP) is 6.13. The molecule has 0 saturated heterocycles. The Morgan fingerprint density at radius 3 is 2.24 bits per heavy atom. The minimum atomic E-state index is -1.05. The van der Waals surface area contributed by atoms with E-state index in [9.17, 15) is 18.7 Å². The van der Waals surface area contributed by atoms with Gasteiger partial charge in [0, 0.05) is 12.6 Å². The fourth-order valence-electron chi connectivity index (χ4n) is 5.51. The maximum atomic E-state index is 14.0. The van der Waals surface area contributed by atoms with Crippen molar-refractivity contribution in [2.24, 2.45) is 0 Å². The first-order valence-electron chi connectivity index (χ1n) is 14.2. The second-order valence-electron chi connectivity index (χ2n) is 11.8. The van der Waals surface area contributed by atoms with Crippen LogP contribution in [0.25, 0.3) is 11.1 Å². The number of hydrogen-bond donors (Lipinski definition) is 3. The van der Waals surface area contributed by atoms with E-state index in [-0.39, 0.29) is 36.9 Å². The molecule has 0 fully saturated rings. The third-order valence-electron chi connectivity index (χ3n) is 7.25. The molecule has 4 aromatic carbocycles. The molecule has 3 atom stereocenters. The van der Waals surface area contributed by atoms with Crippen molar-refractivity contribution in [3.63, 3.8) is 0 Å². The molecule has 1 aliphatic rings. The smallest absolute Gasteiger partial charge is 0.224 e. The number of carbonyl (C=O) groups is 1. The highest BCUT2D eigenvalue weighted by Gasteiger charge is 2.31. The van der Waals surface area contributed by atoms with Gasteiger partial charge in [0.15, 0.2) is 0 Å². The second kappa shape index (κ2) is 12.4. The summed E-state index contributed by atoms with van der Waals surface area (Å²) in [6.07, 6.45) is -0.879. The first kappa shape index (κ1) is 29.4. The number of aliphatic hydroxyl groups excluding tert-OH is 1. The van der Waals surface area contributed by atoms with Gasteiger partial charge in [-0.3, -0.25) is 4.79 Å². The number of fused-ring (bicyclic) bond motifs is 3. The van der Waals surface area contributed by atoms with Gasteiger partial charge < -0.3 is 20.5 Å². The quantitative estimate of drug-likeness (QED) is 0.215. The lowest BCUT2D eigenvalue weighted by molar-refractivity contribution is -0.122. The van der Waals surface area contributed by atoms with Crippen molar-refractivity contribution in [1.29, 1.82) is 0 Å². The van der Waals surface area contributed by atoms with E-state index in [4.69, 9.17) is 4.74 Å². The normalized spacial score (nSPS) is 15.4. The highest BCUT2D eigenvalue weighted by atomic mass is 19.1. The lowest BCUT2D eigenvalue weighted by atomic mass is 9.99. The van der Waals surface area contributed by atoms with Crippen LogP contribution in [0, 0.1) is 11.6 Å². The van der Waals surface area contributed by atoms with E-state index >= 15 is 0 Å². The van der Waals surface area contributed by atoms with Gasteiger partial charge in [0.1, 0.15) is 23.0 Å². The van der Waals surface area contributed by atoms with Gasteiger partial charge in [-0.2, -0.15) is 0 Å². The molecule has 0 saturated carbocycles. The van der Waals surface area contributed by atoms with Crippen molar-refractivity contribution >= 4 is 5.91 Å². The Labute approximate surface area is 245 Å². The van der Waals surface area contributed by atoms with Gasteiger partial charge in [-0.25, -0.2) is 8.78 Å². The van der Waals surface area contributed by atoms with E-state index in [1.807, 2.05) is 75.4 Å². The Balaban J connectivity index is 1.37. The van der Waals surface area contributed by atoms with E-state index in [1.54, 1.807) is 0 Å². The maximum Gasteiger partial charge on any atom is 0.224 e. The van der Waals surface area contributed by atoms with Crippen molar-refractivity contribution < 1.29 is 23.4 Å². The summed E-state index contributed by atoms with van der Waals surface area (Å²) < 4.78 is 34.1. The van der Waals surface area contributed by atoms with Gasteiger partial charge in [0.2, 0.25) is 5.91 Å². The SMILES string of the molecule is CC(C)(C)Oc1ccc2c(c1)C(NC[C@@H](O)[C@H](Cc1cc(F)cc(F)c1)NC(=O)Cc1ccccc1)c1ccccc1-2. The highest BCUT2D eigenvalue weighted by Crippen LogP contribution is 2.45. The van der Waals surface area contributed by atoms with Crippen LogP contribution in [0.15, 0.2) is 91.0 Å². The van der Waals surface area contributed by atoms with Crippen LogP contribution in [-0.2, 0) is 17.6 Å². The summed E-state index contributed by atoms with van der Waals surface area (Å²) in [5.74, 6) is -0.956. The van der Waals surface area contributed by atoms with E-state index < -0.39 is 23.8 Å². The van der Waals surface area contributed by atoms with Crippen LogP contribution in [0.2, 0.25) is 0 Å². The van der Waals surface area contributed by atoms with E-state index in [0.717, 1.165) is 39.6 Å². The number of benzene rings is 4. The Hall–Kier alpha value is -4.07. The number of aliphatic hydroxyl groups is 1. The molecular weight excluding hydrogens is 534 g/mol. The molecule has 0 heterocycles. The van der Waals surface area contributed by atoms with Gasteiger partial charge in [-0.05, 0) is 84.8 Å². The number of nitrogens with one attached hydrogen (secondary N) is 2. The molecule has 0 radical (unpaired) electrons. The van der Waals surface area contributed by atoms with Crippen molar-refractivity contribution in [3.8, 4) is 16.9 Å². The Bertz CT molecular complexity index is 1530. The monoisotopic (exact) mass is 570 g/mol. The summed E-state index contributed by atoms with van der Waals surface area (Å²) in [4.78, 5) is 13.0. The molecule has 1 amide bonds. The first-order chi connectivity index (χ1) is 20.1. The molecular formula is C35H36F2N2O3. The molecule has 0 spiro atoms. The number of amides is 1. The minimum absolute atomic E-state index is 0.0550. The zero-order chi connectivity index (χ0) is 29.9. The molecule has 0 bridgehead atoms. The lowest BCUT2D eigenvalue weighted by Gasteiger charge is -2.27. The van der Waals surface area contributed by atoms with E-state index in [0.29, 0.717) is 5.56 Å². The minimum Gasteiger partial charge on any atom is -0.488 e. The lowest BCUT2D eigenvalue weighted by Crippen LogP contribution is -2.49. The Morgan fingerprint density at radius 2 is 1.52 bits per heavy atom. The average molecular weight is 571 g/mol. The van der Waals surface area contributed by atoms with Crippen LogP contribution in [0.5, 0.6) is 5.75 Å². The van der Waals surface area contributed by atoms with Crippen molar-refractivity contribution in [2.75, 3.05) is 6.54 Å². The van der Waals surface area contributed by atoms with Crippen molar-refractivity contribution in [3.05, 3.63) is 125 Å². The summed E-state index contributed by atoms with van der Waals surface area (Å²) in [5, 5.41) is 17.8. The van der Waals surface area contributed by atoms with Crippen molar-refractivity contribution in [2.45, 2.75) is 57.4 Å². The van der Waals surface area contributed by atoms with E-state index in [1.165, 1.54) is 12.1 Å². The highest BCUT2D eigenvalue weighted by molar-refractivity contribution is 5.80. The fraction of sp³-hybridized carbons (Fsp3) is 0.286. The van der Waals surface area contributed by atoms with Gasteiger partial charge in [-0.15, -0.1) is 0 Å². The topological polar surface area (TPSA) is 70.6 Å². The van der Waals surface area contributed by atoms with Crippen LogP contribution in [0.3, 0.4) is 0 Å². The molecule has 5 nitrogen and oxygen atoms in total. The zero-order valence-electron chi connectivity index (χ0n) is 24.0. The standard InChI is InChI=1S/C35H36F2N2O3/c1-35(2,3)42-26-13-14-28-27-11-7-8-12-29(27)34(30(28)20-26)38-21-32(40)31(17-23-15-24(36)19-25(37)16-23)39-33(41)18-22-9-5-4-6-10-22/h4-16,19-20,31-32,34,38,40H,17-18,21H2,1-3H3,(H,39,41)/t31-,32+,34?/m0/s1. The number of carbonyl (C=O) groups excluding carboxylic acids is 1. The Kier molecular flexibility index (Phi) is 8.71.